The Morgan fingerprint density at radius 1 is 1.22 bits per heavy atom. The van der Waals surface area contributed by atoms with E-state index in [0.29, 0.717) is 12.8 Å². The molecule has 0 N–H and O–H groups in total. The zero-order valence-corrected chi connectivity index (χ0v) is 21.8. The molecular formula is C24H29ClO12. The number of hydrogen-bond acceptors (Lipinski definition) is 12. The molecule has 0 saturated carbocycles. The van der Waals surface area contributed by atoms with E-state index in [2.05, 4.69) is 11.3 Å². The number of hydrogen-bond donors (Lipinski definition) is 0. The molecule has 2 aliphatic heterocycles. The second-order valence-corrected chi connectivity index (χ2v) is 9.55. The highest BCUT2D eigenvalue weighted by molar-refractivity contribution is 6.20. The van der Waals surface area contributed by atoms with Crippen LogP contribution in [0.2, 0.25) is 0 Å². The van der Waals surface area contributed by atoms with Crippen LogP contribution >= 0.6 is 11.6 Å². The molecular weight excluding hydrogens is 516 g/mol. The number of methoxy groups -OCH3 is 2. The van der Waals surface area contributed by atoms with Crippen molar-refractivity contribution in [3.05, 3.63) is 23.8 Å². The largest absolute Gasteiger partial charge is 0.509 e. The van der Waals surface area contributed by atoms with Crippen molar-refractivity contribution in [1.82, 2.24) is 0 Å². The summed E-state index contributed by atoms with van der Waals surface area (Å²) in [6.45, 7) is 7.89. The Bertz CT molecular complexity index is 1040. The number of alkyl halides is 1. The van der Waals surface area contributed by atoms with Crippen LogP contribution in [0.3, 0.4) is 0 Å². The van der Waals surface area contributed by atoms with Crippen molar-refractivity contribution in [3.8, 4) is 0 Å². The third kappa shape index (κ3) is 5.59. The van der Waals surface area contributed by atoms with E-state index >= 15 is 0 Å². The van der Waals surface area contributed by atoms with Crippen LogP contribution in [-0.2, 0) is 52.3 Å². The Morgan fingerprint density at radius 2 is 1.89 bits per heavy atom. The van der Waals surface area contributed by atoms with E-state index in [-0.39, 0.29) is 11.1 Å². The lowest BCUT2D eigenvalue weighted by atomic mass is 9.80. The molecule has 7 atom stereocenters. The maximum atomic E-state index is 13.4. The first kappa shape index (κ1) is 28.5. The molecule has 0 aromatic rings. The van der Waals surface area contributed by atoms with Crippen LogP contribution in [0.1, 0.15) is 33.6 Å². The number of ether oxygens (including phenoxy) is 7. The van der Waals surface area contributed by atoms with Gasteiger partial charge in [-0.3, -0.25) is 4.79 Å². The van der Waals surface area contributed by atoms with Crippen LogP contribution < -0.4 is 0 Å². The molecule has 13 heteroatoms. The van der Waals surface area contributed by atoms with Gasteiger partial charge in [0.1, 0.15) is 12.2 Å². The van der Waals surface area contributed by atoms with Crippen LogP contribution in [-0.4, -0.2) is 85.8 Å². The summed E-state index contributed by atoms with van der Waals surface area (Å²) in [5.74, 6) is -5.27. The quantitative estimate of drug-likeness (QED) is 0.157. The number of fused-ring (bicyclic) bond motifs is 3. The monoisotopic (exact) mass is 544 g/mol. The Balaban J connectivity index is 2.15. The fourth-order valence-electron chi connectivity index (χ4n) is 4.47. The summed E-state index contributed by atoms with van der Waals surface area (Å²) in [5.41, 5.74) is -2.98. The average Bonchev–Trinajstić information content (AvgIpc) is 3.44. The van der Waals surface area contributed by atoms with Gasteiger partial charge >= 0.3 is 30.0 Å². The van der Waals surface area contributed by atoms with E-state index in [9.17, 15) is 24.0 Å². The van der Waals surface area contributed by atoms with E-state index in [0.717, 1.165) is 21.1 Å². The Kier molecular flexibility index (Phi) is 8.23. The van der Waals surface area contributed by atoms with Gasteiger partial charge in [-0.05, 0) is 26.7 Å². The van der Waals surface area contributed by atoms with E-state index in [1.807, 2.05) is 6.92 Å². The minimum Gasteiger partial charge on any atom is -0.466 e. The number of epoxide rings is 1. The van der Waals surface area contributed by atoms with Gasteiger partial charge in [-0.2, -0.15) is 0 Å². The van der Waals surface area contributed by atoms with Crippen molar-refractivity contribution in [3.63, 3.8) is 0 Å². The average molecular weight is 545 g/mol. The fraction of sp³-hybridized carbons (Fsp3) is 0.625. The summed E-state index contributed by atoms with van der Waals surface area (Å²) < 4.78 is 37.1. The number of carbonyl (C=O) groups excluding carboxylic acids is 5. The van der Waals surface area contributed by atoms with Crippen molar-refractivity contribution >= 4 is 41.6 Å². The third-order valence-corrected chi connectivity index (χ3v) is 7.09. The number of rotatable bonds is 6. The fourth-order valence-corrected chi connectivity index (χ4v) is 4.63. The maximum Gasteiger partial charge on any atom is 0.509 e. The maximum absolute atomic E-state index is 13.4. The Hall–Kier alpha value is -3.12. The van der Waals surface area contributed by atoms with Gasteiger partial charge in [0.2, 0.25) is 5.60 Å². The summed E-state index contributed by atoms with van der Waals surface area (Å²) in [4.78, 5) is 62.8. The zero-order valence-electron chi connectivity index (χ0n) is 21.1. The molecule has 0 amide bonds. The lowest BCUT2D eigenvalue weighted by molar-refractivity contribution is -0.184. The van der Waals surface area contributed by atoms with Crippen molar-refractivity contribution in [2.45, 2.75) is 69.2 Å². The Morgan fingerprint density at radius 3 is 2.46 bits per heavy atom. The molecule has 2 saturated heterocycles. The standard InChI is InChI=1S/C24H29ClO12/c1-11-14-16(35-21(29)24(4,10-25)37-22(30)32-6)15(33-12(2)26)13(20(28)31-5)8-7-9-23(3)18(36-23)17(14)34-19(11)27/h8,14-18H,1,7,9-10H2,2-6H3/b13-8+/t14-,15+,16?,17+,18-,23-,24?/m1/s1. The van der Waals surface area contributed by atoms with Crippen LogP contribution in [0.15, 0.2) is 23.8 Å². The van der Waals surface area contributed by atoms with Crippen LogP contribution in [0.25, 0.3) is 0 Å². The van der Waals surface area contributed by atoms with Gasteiger partial charge in [0.15, 0.2) is 12.2 Å². The molecule has 3 aliphatic rings. The van der Waals surface area contributed by atoms with E-state index in [4.69, 9.17) is 40.0 Å². The van der Waals surface area contributed by atoms with Gasteiger partial charge in [0.05, 0.1) is 37.2 Å². The van der Waals surface area contributed by atoms with E-state index in [1.54, 1.807) is 0 Å². The summed E-state index contributed by atoms with van der Waals surface area (Å²) in [5, 5.41) is 0. The molecule has 0 aromatic carbocycles. The smallest absolute Gasteiger partial charge is 0.466 e. The first-order chi connectivity index (χ1) is 17.3. The SMILES string of the molecule is C=C1C(=O)O[C@H]2[C@H]1C(OC(=O)C(C)(CCl)OC(=O)OC)[C@@H](OC(C)=O)/C(C(=O)OC)=C\CC[C@@]1(C)O[C@H]21. The van der Waals surface area contributed by atoms with Crippen molar-refractivity contribution < 1.29 is 57.1 Å². The zero-order chi connectivity index (χ0) is 27.7. The van der Waals surface area contributed by atoms with Crippen LogP contribution in [0, 0.1) is 5.92 Å². The molecule has 0 spiro atoms. The van der Waals surface area contributed by atoms with E-state index in [1.165, 1.54) is 13.0 Å². The minimum atomic E-state index is -2.05. The lowest BCUT2D eigenvalue weighted by Gasteiger charge is -2.35. The summed E-state index contributed by atoms with van der Waals surface area (Å²) in [6.07, 6.45) is -3.64. The van der Waals surface area contributed by atoms with Gasteiger partial charge in [-0.1, -0.05) is 12.7 Å². The molecule has 0 radical (unpaired) electrons. The van der Waals surface area contributed by atoms with Crippen molar-refractivity contribution in [2.24, 2.45) is 5.92 Å². The molecule has 37 heavy (non-hydrogen) atoms. The molecule has 2 fully saturated rings. The van der Waals surface area contributed by atoms with Crippen molar-refractivity contribution in [2.75, 3.05) is 20.1 Å². The molecule has 2 unspecified atom stereocenters. The number of halogens is 1. The first-order valence-corrected chi connectivity index (χ1v) is 11.9. The summed E-state index contributed by atoms with van der Waals surface area (Å²) in [6, 6.07) is 0. The highest BCUT2D eigenvalue weighted by Crippen LogP contribution is 2.50. The first-order valence-electron chi connectivity index (χ1n) is 11.4. The normalized spacial score (nSPS) is 33.7. The van der Waals surface area contributed by atoms with Gasteiger partial charge in [-0.15, -0.1) is 11.6 Å². The third-order valence-electron chi connectivity index (χ3n) is 6.58. The number of carbonyl (C=O) groups is 5. The molecule has 1 aliphatic carbocycles. The second-order valence-electron chi connectivity index (χ2n) is 9.28. The van der Waals surface area contributed by atoms with Gasteiger partial charge in [0.25, 0.3) is 0 Å². The number of esters is 4. The molecule has 0 aromatic heterocycles. The summed E-state index contributed by atoms with van der Waals surface area (Å²) in [7, 11) is 2.17. The van der Waals surface area contributed by atoms with Gasteiger partial charge in [0, 0.05) is 12.5 Å². The molecule has 0 bridgehead atoms. The highest BCUT2D eigenvalue weighted by atomic mass is 35.5. The molecule has 204 valence electrons. The highest BCUT2D eigenvalue weighted by Gasteiger charge is 2.65. The van der Waals surface area contributed by atoms with E-state index < -0.39 is 77.4 Å². The predicted molar refractivity (Wildman–Crippen MR) is 123 cm³/mol. The van der Waals surface area contributed by atoms with Crippen LogP contribution in [0.4, 0.5) is 4.79 Å². The lowest BCUT2D eigenvalue weighted by Crippen LogP contribution is -2.52. The van der Waals surface area contributed by atoms with Crippen molar-refractivity contribution in [1.29, 1.82) is 0 Å². The molecule has 3 rings (SSSR count). The molecule has 2 heterocycles. The Labute approximate surface area is 218 Å². The number of allylic oxidation sites excluding steroid dienone is 1. The second kappa shape index (κ2) is 10.7. The minimum absolute atomic E-state index is 0.0935. The van der Waals surface area contributed by atoms with Gasteiger partial charge in [-0.25, -0.2) is 19.2 Å². The van der Waals surface area contributed by atoms with Gasteiger partial charge < -0.3 is 33.2 Å². The van der Waals surface area contributed by atoms with Crippen LogP contribution in [0.5, 0.6) is 0 Å². The molecule has 12 nitrogen and oxygen atoms in total. The summed E-state index contributed by atoms with van der Waals surface area (Å²) >= 11 is 5.94. The topological polar surface area (TPSA) is 153 Å². The predicted octanol–water partition coefficient (Wildman–Crippen LogP) is 1.76.